The fourth-order valence-corrected chi connectivity index (χ4v) is 5.26. The molecule has 0 spiro atoms. The molecule has 1 aliphatic rings. The lowest BCUT2D eigenvalue weighted by atomic mass is 9.92. The summed E-state index contributed by atoms with van der Waals surface area (Å²) in [5, 5.41) is 0. The molecule has 2 aromatic rings. The van der Waals surface area contributed by atoms with E-state index in [1.54, 1.807) is 25.1 Å². The number of nitrogens with zero attached hydrogens (tertiary/aromatic N) is 1. The van der Waals surface area contributed by atoms with Crippen molar-refractivity contribution in [1.82, 2.24) is 4.31 Å². The van der Waals surface area contributed by atoms with Gasteiger partial charge in [-0.15, -0.1) is 0 Å². The van der Waals surface area contributed by atoms with Gasteiger partial charge < -0.3 is 0 Å². The predicted molar refractivity (Wildman–Crippen MR) is 106 cm³/mol. The molecule has 2 aromatic carbocycles. The van der Waals surface area contributed by atoms with Crippen molar-refractivity contribution in [3.8, 4) is 0 Å². The lowest BCUT2D eigenvalue weighted by molar-refractivity contribution is 0.520. The Morgan fingerprint density at radius 3 is 2.15 bits per heavy atom. The maximum atomic E-state index is 12.9. The second-order valence-corrected chi connectivity index (χ2v) is 10.8. The number of aryl methyl sites for hydroxylation is 3. The van der Waals surface area contributed by atoms with E-state index in [1.807, 2.05) is 6.07 Å². The van der Waals surface area contributed by atoms with E-state index in [0.29, 0.717) is 5.56 Å². The van der Waals surface area contributed by atoms with E-state index >= 15 is 0 Å². The molecular formula is C19H24N2O4S2. The van der Waals surface area contributed by atoms with Gasteiger partial charge in [0.1, 0.15) is 0 Å². The molecule has 27 heavy (non-hydrogen) atoms. The Kier molecular flexibility index (Phi) is 5.33. The number of benzene rings is 2. The third kappa shape index (κ3) is 4.02. The molecule has 1 aliphatic carbocycles. The predicted octanol–water partition coefficient (Wildman–Crippen LogP) is 2.92. The van der Waals surface area contributed by atoms with Gasteiger partial charge in [-0.2, -0.15) is 0 Å². The van der Waals surface area contributed by atoms with Crippen molar-refractivity contribution < 1.29 is 16.8 Å². The molecule has 0 amide bonds. The van der Waals surface area contributed by atoms with Crippen LogP contribution in [0.2, 0.25) is 0 Å². The highest BCUT2D eigenvalue weighted by molar-refractivity contribution is 7.92. The maximum absolute atomic E-state index is 12.9. The molecule has 6 nitrogen and oxygen atoms in total. The second kappa shape index (κ2) is 7.26. The van der Waals surface area contributed by atoms with Crippen molar-refractivity contribution >= 4 is 25.7 Å². The summed E-state index contributed by atoms with van der Waals surface area (Å²) < 4.78 is 54.1. The molecule has 8 heteroatoms. The number of rotatable bonds is 5. The van der Waals surface area contributed by atoms with Crippen LogP contribution in [0.15, 0.2) is 46.2 Å². The Morgan fingerprint density at radius 2 is 1.48 bits per heavy atom. The number of hydrogen-bond donors (Lipinski definition) is 1. The number of fused-ring (bicyclic) bond motifs is 1. The Bertz CT molecular complexity index is 1070. The van der Waals surface area contributed by atoms with Crippen molar-refractivity contribution in [3.63, 3.8) is 0 Å². The van der Waals surface area contributed by atoms with Gasteiger partial charge in [0.25, 0.3) is 10.0 Å². The highest BCUT2D eigenvalue weighted by atomic mass is 32.2. The van der Waals surface area contributed by atoms with Gasteiger partial charge in [-0.3, -0.25) is 4.72 Å². The maximum Gasteiger partial charge on any atom is 0.261 e. The SMILES string of the molecule is Cc1ccc(S(=O)(=O)N(C)C)cc1NS(=O)(=O)c1ccc2c(c1)CCCC2. The van der Waals surface area contributed by atoms with Crippen LogP contribution in [0, 0.1) is 6.92 Å². The average Bonchev–Trinajstić information content (AvgIpc) is 2.62. The molecule has 0 aliphatic heterocycles. The lowest BCUT2D eigenvalue weighted by Gasteiger charge is -2.18. The van der Waals surface area contributed by atoms with E-state index in [9.17, 15) is 16.8 Å². The lowest BCUT2D eigenvalue weighted by Crippen LogP contribution is -2.22. The first-order valence-corrected chi connectivity index (χ1v) is 11.7. The van der Waals surface area contributed by atoms with Gasteiger partial charge in [-0.05, 0) is 73.6 Å². The van der Waals surface area contributed by atoms with Crippen LogP contribution in [0.5, 0.6) is 0 Å². The molecule has 0 saturated carbocycles. The normalized spacial score (nSPS) is 14.8. The van der Waals surface area contributed by atoms with Crippen LogP contribution in [-0.2, 0) is 32.9 Å². The fraction of sp³-hybridized carbons (Fsp3) is 0.368. The number of nitrogens with one attached hydrogen (secondary N) is 1. The second-order valence-electron chi connectivity index (χ2n) is 7.01. The zero-order valence-corrected chi connectivity index (χ0v) is 17.3. The first-order valence-electron chi connectivity index (χ1n) is 8.79. The Hall–Kier alpha value is -1.90. The highest BCUT2D eigenvalue weighted by Gasteiger charge is 2.22. The van der Waals surface area contributed by atoms with Crippen LogP contribution < -0.4 is 4.72 Å². The van der Waals surface area contributed by atoms with Gasteiger partial charge in [0.05, 0.1) is 15.5 Å². The standard InChI is InChI=1S/C19H24N2O4S2/c1-14-8-10-18(27(24,25)21(2)3)13-19(14)20-26(22,23)17-11-9-15-6-4-5-7-16(15)12-17/h8-13,20H,4-7H2,1-3H3. The monoisotopic (exact) mass is 408 g/mol. The van der Waals surface area contributed by atoms with Crippen LogP contribution in [0.1, 0.15) is 29.5 Å². The third-order valence-corrected chi connectivity index (χ3v) is 8.04. The van der Waals surface area contributed by atoms with Gasteiger partial charge in [0.2, 0.25) is 10.0 Å². The quantitative estimate of drug-likeness (QED) is 0.824. The van der Waals surface area contributed by atoms with E-state index in [1.165, 1.54) is 31.8 Å². The minimum absolute atomic E-state index is 0.0428. The molecule has 3 rings (SSSR count). The van der Waals surface area contributed by atoms with Crippen LogP contribution in [-0.4, -0.2) is 35.2 Å². The largest absolute Gasteiger partial charge is 0.279 e. The van der Waals surface area contributed by atoms with Gasteiger partial charge in [0.15, 0.2) is 0 Å². The summed E-state index contributed by atoms with van der Waals surface area (Å²) in [5.41, 5.74) is 3.19. The smallest absolute Gasteiger partial charge is 0.261 e. The van der Waals surface area contributed by atoms with Crippen molar-refractivity contribution in [2.24, 2.45) is 0 Å². The first-order chi connectivity index (χ1) is 12.6. The summed E-state index contributed by atoms with van der Waals surface area (Å²) in [6.45, 7) is 1.73. The topological polar surface area (TPSA) is 83.6 Å². The first kappa shape index (κ1) is 19.9. The van der Waals surface area contributed by atoms with E-state index < -0.39 is 20.0 Å². The van der Waals surface area contributed by atoms with Gasteiger partial charge in [-0.25, -0.2) is 21.1 Å². The molecule has 0 radical (unpaired) electrons. The Labute approximate surface area is 161 Å². The summed E-state index contributed by atoms with van der Waals surface area (Å²) in [6.07, 6.45) is 4.05. The van der Waals surface area contributed by atoms with Crippen molar-refractivity contribution in [2.45, 2.75) is 42.4 Å². The summed E-state index contributed by atoms with van der Waals surface area (Å²) in [6, 6.07) is 9.65. The minimum atomic E-state index is -3.81. The van der Waals surface area contributed by atoms with Crippen LogP contribution in [0.3, 0.4) is 0 Å². The summed E-state index contributed by atoms with van der Waals surface area (Å²) >= 11 is 0. The van der Waals surface area contributed by atoms with Crippen molar-refractivity contribution in [3.05, 3.63) is 53.1 Å². The van der Waals surface area contributed by atoms with E-state index in [2.05, 4.69) is 4.72 Å². The molecule has 1 N–H and O–H groups in total. The van der Waals surface area contributed by atoms with Gasteiger partial charge >= 0.3 is 0 Å². The molecule has 0 bridgehead atoms. The Morgan fingerprint density at radius 1 is 0.852 bits per heavy atom. The summed E-state index contributed by atoms with van der Waals surface area (Å²) in [7, 11) is -4.59. The molecule has 0 unspecified atom stereocenters. The van der Waals surface area contributed by atoms with E-state index in [0.717, 1.165) is 35.6 Å². The zero-order chi connectivity index (χ0) is 19.8. The molecule has 0 saturated heterocycles. The minimum Gasteiger partial charge on any atom is -0.279 e. The summed E-state index contributed by atoms with van der Waals surface area (Å²) in [4.78, 5) is 0.240. The zero-order valence-electron chi connectivity index (χ0n) is 15.7. The third-order valence-electron chi connectivity index (χ3n) is 4.86. The number of hydrogen-bond acceptors (Lipinski definition) is 4. The molecule has 0 fully saturated rings. The van der Waals surface area contributed by atoms with Gasteiger partial charge in [-0.1, -0.05) is 12.1 Å². The van der Waals surface area contributed by atoms with Crippen LogP contribution in [0.4, 0.5) is 5.69 Å². The highest BCUT2D eigenvalue weighted by Crippen LogP contribution is 2.27. The van der Waals surface area contributed by atoms with Crippen LogP contribution in [0.25, 0.3) is 0 Å². The number of anilines is 1. The van der Waals surface area contributed by atoms with Crippen molar-refractivity contribution in [2.75, 3.05) is 18.8 Å². The van der Waals surface area contributed by atoms with Crippen molar-refractivity contribution in [1.29, 1.82) is 0 Å². The molecule has 0 atom stereocenters. The molecule has 146 valence electrons. The molecular weight excluding hydrogens is 384 g/mol. The van der Waals surface area contributed by atoms with Gasteiger partial charge in [0, 0.05) is 14.1 Å². The van der Waals surface area contributed by atoms with Crippen LogP contribution >= 0.6 is 0 Å². The molecule has 0 heterocycles. The van der Waals surface area contributed by atoms with E-state index in [-0.39, 0.29) is 15.5 Å². The summed E-state index contributed by atoms with van der Waals surface area (Å²) in [5.74, 6) is 0. The number of sulfonamides is 2. The Balaban J connectivity index is 1.97. The molecule has 0 aromatic heterocycles. The van der Waals surface area contributed by atoms with E-state index in [4.69, 9.17) is 0 Å². The fourth-order valence-electron chi connectivity index (χ4n) is 3.16. The average molecular weight is 409 g/mol.